The fourth-order valence-corrected chi connectivity index (χ4v) is 3.46. The van der Waals surface area contributed by atoms with Gasteiger partial charge in [-0.15, -0.1) is 11.8 Å². The van der Waals surface area contributed by atoms with Gasteiger partial charge in [-0.1, -0.05) is 0 Å². The van der Waals surface area contributed by atoms with E-state index in [0.717, 1.165) is 17.0 Å². The van der Waals surface area contributed by atoms with Gasteiger partial charge >= 0.3 is 0 Å². The van der Waals surface area contributed by atoms with Crippen molar-refractivity contribution in [3.8, 4) is 17.0 Å². The molecule has 0 spiro atoms. The molecule has 0 saturated carbocycles. The van der Waals surface area contributed by atoms with E-state index < -0.39 is 23.7 Å². The van der Waals surface area contributed by atoms with Crippen molar-refractivity contribution < 1.29 is 20.1 Å². The van der Waals surface area contributed by atoms with E-state index in [2.05, 4.69) is 9.97 Å². The molecule has 0 bridgehead atoms. The molecule has 2 aromatic rings. The molecule has 1 aliphatic rings. The lowest BCUT2D eigenvalue weighted by Gasteiger charge is -2.34. The zero-order chi connectivity index (χ0) is 16.4. The summed E-state index contributed by atoms with van der Waals surface area (Å²) in [5.74, 6) is 0.810. The summed E-state index contributed by atoms with van der Waals surface area (Å²) < 4.78 is 5.67. The van der Waals surface area contributed by atoms with E-state index in [1.165, 1.54) is 11.8 Å². The molecule has 2 aromatic heterocycles. The maximum atomic E-state index is 9.95. The summed E-state index contributed by atoms with van der Waals surface area (Å²) >= 11 is 1.26. The van der Waals surface area contributed by atoms with Gasteiger partial charge in [-0.3, -0.25) is 9.97 Å². The summed E-state index contributed by atoms with van der Waals surface area (Å²) in [7, 11) is 0. The van der Waals surface area contributed by atoms with E-state index in [9.17, 15) is 15.3 Å². The summed E-state index contributed by atoms with van der Waals surface area (Å²) in [4.78, 5) is 8.51. The Kier molecular flexibility index (Phi) is 4.82. The van der Waals surface area contributed by atoms with Crippen LogP contribution < -0.4 is 4.74 Å². The molecule has 6 nitrogen and oxygen atoms in total. The molecule has 3 N–H and O–H groups in total. The lowest BCUT2D eigenvalue weighted by Crippen LogP contribution is -2.50. The molecule has 0 unspecified atom stereocenters. The number of ether oxygens (including phenoxy) is 1. The number of rotatable bonds is 3. The van der Waals surface area contributed by atoms with E-state index in [1.807, 2.05) is 25.1 Å². The number of aromatic nitrogens is 2. The molecular formula is C16H18N2O4S. The molecule has 0 radical (unpaired) electrons. The highest BCUT2D eigenvalue weighted by atomic mass is 32.2. The number of aryl methyl sites for hydroxylation is 1. The Labute approximate surface area is 138 Å². The van der Waals surface area contributed by atoms with Crippen molar-refractivity contribution in [3.63, 3.8) is 0 Å². The van der Waals surface area contributed by atoms with Crippen molar-refractivity contribution in [1.82, 2.24) is 9.97 Å². The summed E-state index contributed by atoms with van der Waals surface area (Å²) in [5.41, 5.74) is 2.05. The van der Waals surface area contributed by atoms with E-state index in [-0.39, 0.29) is 0 Å². The van der Waals surface area contributed by atoms with E-state index in [0.29, 0.717) is 11.5 Å². The average Bonchev–Trinajstić information content (AvgIpc) is 2.56. The monoisotopic (exact) mass is 334 g/mol. The molecule has 23 heavy (non-hydrogen) atoms. The van der Waals surface area contributed by atoms with Gasteiger partial charge in [0.15, 0.2) is 5.44 Å². The van der Waals surface area contributed by atoms with Gasteiger partial charge in [-0.25, -0.2) is 0 Å². The average molecular weight is 334 g/mol. The molecule has 122 valence electrons. The Morgan fingerprint density at radius 1 is 1.13 bits per heavy atom. The predicted molar refractivity (Wildman–Crippen MR) is 87.1 cm³/mol. The van der Waals surface area contributed by atoms with Crippen LogP contribution in [0.4, 0.5) is 0 Å². The predicted octanol–water partition coefficient (Wildman–Crippen LogP) is 0.986. The molecule has 3 heterocycles. The van der Waals surface area contributed by atoms with Crippen molar-refractivity contribution in [2.45, 2.75) is 30.7 Å². The zero-order valence-electron chi connectivity index (χ0n) is 12.5. The highest BCUT2D eigenvalue weighted by molar-refractivity contribution is 7.99. The second kappa shape index (κ2) is 6.84. The number of aliphatic hydroxyl groups excluding tert-OH is 3. The van der Waals surface area contributed by atoms with Gasteiger partial charge in [0.25, 0.3) is 0 Å². The number of hydrogen-bond donors (Lipinski definition) is 3. The Morgan fingerprint density at radius 2 is 1.96 bits per heavy atom. The van der Waals surface area contributed by atoms with Crippen molar-refractivity contribution in [2.75, 3.05) is 5.75 Å². The summed E-state index contributed by atoms with van der Waals surface area (Å²) in [6, 6.07) is 7.42. The number of pyridine rings is 2. The second-order valence-corrected chi connectivity index (χ2v) is 6.56. The van der Waals surface area contributed by atoms with Gasteiger partial charge < -0.3 is 20.1 Å². The normalized spacial score (nSPS) is 27.7. The first-order valence-corrected chi connectivity index (χ1v) is 8.31. The molecule has 1 fully saturated rings. The Hall–Kier alpha value is -1.67. The van der Waals surface area contributed by atoms with E-state index in [1.54, 1.807) is 18.5 Å². The van der Waals surface area contributed by atoms with Crippen molar-refractivity contribution >= 4 is 11.8 Å². The maximum absolute atomic E-state index is 9.95. The zero-order valence-corrected chi connectivity index (χ0v) is 13.3. The highest BCUT2D eigenvalue weighted by Crippen LogP contribution is 2.29. The van der Waals surface area contributed by atoms with Crippen LogP contribution in [0.5, 0.6) is 5.75 Å². The summed E-state index contributed by atoms with van der Waals surface area (Å²) in [6.45, 7) is 1.92. The minimum atomic E-state index is -1.20. The fraction of sp³-hybridized carbons (Fsp3) is 0.375. The summed E-state index contributed by atoms with van der Waals surface area (Å²) in [5, 5.41) is 29.2. The number of aliphatic hydroxyl groups is 3. The van der Waals surface area contributed by atoms with Crippen LogP contribution in [0.3, 0.4) is 0 Å². The van der Waals surface area contributed by atoms with Gasteiger partial charge in [0.1, 0.15) is 18.0 Å². The van der Waals surface area contributed by atoms with Crippen molar-refractivity contribution in [3.05, 3.63) is 42.4 Å². The number of hydrogen-bond acceptors (Lipinski definition) is 7. The molecule has 0 amide bonds. The quantitative estimate of drug-likeness (QED) is 0.770. The molecule has 1 saturated heterocycles. The van der Waals surface area contributed by atoms with Crippen LogP contribution >= 0.6 is 11.8 Å². The van der Waals surface area contributed by atoms with Gasteiger partial charge in [0, 0.05) is 23.2 Å². The van der Waals surface area contributed by atoms with Crippen LogP contribution in [-0.2, 0) is 0 Å². The van der Waals surface area contributed by atoms with E-state index in [4.69, 9.17) is 4.74 Å². The molecule has 0 aromatic carbocycles. The first kappa shape index (κ1) is 16.2. The molecular weight excluding hydrogens is 316 g/mol. The van der Waals surface area contributed by atoms with Gasteiger partial charge in [-0.05, 0) is 31.2 Å². The molecule has 7 heteroatoms. The number of nitrogens with zero attached hydrogens (tertiary/aromatic N) is 2. The number of thioether (sulfide) groups is 1. The minimum Gasteiger partial charge on any atom is -0.475 e. The van der Waals surface area contributed by atoms with Crippen LogP contribution in [0.25, 0.3) is 11.3 Å². The van der Waals surface area contributed by atoms with Crippen LogP contribution in [0.2, 0.25) is 0 Å². The topological polar surface area (TPSA) is 95.7 Å². The van der Waals surface area contributed by atoms with E-state index >= 15 is 0 Å². The Balaban J connectivity index is 1.70. The fourth-order valence-electron chi connectivity index (χ4n) is 2.34. The van der Waals surface area contributed by atoms with Crippen LogP contribution in [-0.4, -0.2) is 54.8 Å². The van der Waals surface area contributed by atoms with Gasteiger partial charge in [0.2, 0.25) is 0 Å². The van der Waals surface area contributed by atoms with Crippen molar-refractivity contribution in [1.29, 1.82) is 0 Å². The SMILES string of the molecule is Cc1cc(-c2ccc(O[C@@H]3SC[C@@H](O)[C@H](O)[C@H]3O)cn2)ccn1. The maximum Gasteiger partial charge on any atom is 0.173 e. The summed E-state index contributed by atoms with van der Waals surface area (Å²) in [6.07, 6.45) is 0.0266. The smallest absolute Gasteiger partial charge is 0.173 e. The van der Waals surface area contributed by atoms with Crippen molar-refractivity contribution in [2.24, 2.45) is 0 Å². The third-order valence-electron chi connectivity index (χ3n) is 3.64. The molecule has 0 aliphatic carbocycles. The molecule has 3 rings (SSSR count). The lowest BCUT2D eigenvalue weighted by molar-refractivity contribution is -0.0786. The first-order chi connectivity index (χ1) is 11.0. The first-order valence-electron chi connectivity index (χ1n) is 7.26. The van der Waals surface area contributed by atoms with Gasteiger partial charge in [0.05, 0.1) is 18.0 Å². The van der Waals surface area contributed by atoms with Crippen LogP contribution in [0.1, 0.15) is 5.69 Å². The largest absolute Gasteiger partial charge is 0.475 e. The molecule has 4 atom stereocenters. The highest BCUT2D eigenvalue weighted by Gasteiger charge is 2.38. The van der Waals surface area contributed by atoms with Crippen LogP contribution in [0, 0.1) is 6.92 Å². The minimum absolute atomic E-state index is 0.310. The lowest BCUT2D eigenvalue weighted by atomic mass is 10.1. The Bertz CT molecular complexity index is 667. The van der Waals surface area contributed by atoms with Crippen LogP contribution in [0.15, 0.2) is 36.7 Å². The van der Waals surface area contributed by atoms with Gasteiger partial charge in [-0.2, -0.15) is 0 Å². The standard InChI is InChI=1S/C16H18N2O4S/c1-9-6-10(4-5-17-9)12-3-2-11(7-18-12)22-16-15(21)14(20)13(19)8-23-16/h2-7,13-16,19-21H,8H2,1H3/t13-,14+,15-,16-/m1/s1. The molecule has 1 aliphatic heterocycles. The third-order valence-corrected chi connectivity index (χ3v) is 4.87. The third kappa shape index (κ3) is 3.64. The second-order valence-electron chi connectivity index (χ2n) is 5.43. The Morgan fingerprint density at radius 3 is 2.65 bits per heavy atom.